The van der Waals surface area contributed by atoms with E-state index in [0.717, 1.165) is 0 Å². The molecule has 0 heterocycles. The summed E-state index contributed by atoms with van der Waals surface area (Å²) < 4.78 is 0. The van der Waals surface area contributed by atoms with Crippen LogP contribution in [0.1, 0.15) is 47.2 Å². The summed E-state index contributed by atoms with van der Waals surface area (Å²) >= 11 is 0. The van der Waals surface area contributed by atoms with Crippen LogP contribution in [0.15, 0.2) is 60.7 Å². The first kappa shape index (κ1) is 18.5. The molecule has 0 radical (unpaired) electrons. The molecule has 0 nitrogen and oxygen atoms in total. The van der Waals surface area contributed by atoms with Crippen LogP contribution in [0.4, 0.5) is 0 Å². The van der Waals surface area contributed by atoms with Gasteiger partial charge in [0, 0.05) is 0 Å². The van der Waals surface area contributed by atoms with Gasteiger partial charge in [0.05, 0.1) is 8.07 Å². The fourth-order valence-electron chi connectivity index (χ4n) is 4.60. The zero-order chi connectivity index (χ0) is 16.9. The number of allylic oxidation sites excluding steroid dienone is 3. The van der Waals surface area contributed by atoms with Gasteiger partial charge in [0.1, 0.15) is 0 Å². The van der Waals surface area contributed by atoms with Gasteiger partial charge >= 0.3 is 18.9 Å². The van der Waals surface area contributed by atoms with E-state index in [2.05, 4.69) is 93.7 Å². The summed E-state index contributed by atoms with van der Waals surface area (Å²) in [5.41, 5.74) is 8.78. The molecule has 2 aromatic rings. The third-order valence-corrected chi connectivity index (χ3v) is 10.2. The molecule has 2 heteroatoms. The van der Waals surface area contributed by atoms with E-state index < -0.39 is 8.07 Å². The standard InChI is InChI=1S/C23H26Si.Li.H/c1-16(2)21-15-23(20-12-8-7-11-19(20)21)24(3,4)22-14-13-17-9-5-6-10-18(17)22;;/h5-16,22-23H,1-4H3;;. The van der Waals surface area contributed by atoms with Gasteiger partial charge in [0.25, 0.3) is 0 Å². The minimum absolute atomic E-state index is 0. The van der Waals surface area contributed by atoms with Crippen molar-refractivity contribution in [3.8, 4) is 0 Å². The van der Waals surface area contributed by atoms with E-state index in [1.165, 1.54) is 16.7 Å². The summed E-state index contributed by atoms with van der Waals surface area (Å²) in [5.74, 6) is 0.590. The number of benzene rings is 2. The quantitative estimate of drug-likeness (QED) is 0.623. The zero-order valence-corrected chi connectivity index (χ0v) is 16.1. The number of rotatable bonds is 3. The van der Waals surface area contributed by atoms with Crippen LogP contribution in [0, 0.1) is 5.92 Å². The van der Waals surface area contributed by atoms with Crippen molar-refractivity contribution in [1.29, 1.82) is 0 Å². The van der Waals surface area contributed by atoms with Crippen molar-refractivity contribution in [3.05, 3.63) is 82.9 Å². The van der Waals surface area contributed by atoms with Crippen molar-refractivity contribution in [3.63, 3.8) is 0 Å². The molecule has 2 atom stereocenters. The van der Waals surface area contributed by atoms with Gasteiger partial charge < -0.3 is 0 Å². The molecule has 0 bridgehead atoms. The Balaban J connectivity index is 0.00000182. The fourth-order valence-corrected chi connectivity index (χ4v) is 8.31. The summed E-state index contributed by atoms with van der Waals surface area (Å²) in [6.07, 6.45) is 7.42. The SMILES string of the molecule is CC(C)C1=CC([Si](C)(C)C2C=Cc3ccccc32)c2ccccc21.[LiH]. The van der Waals surface area contributed by atoms with E-state index in [0.29, 0.717) is 17.0 Å². The van der Waals surface area contributed by atoms with Crippen molar-refractivity contribution in [2.45, 2.75) is 38.0 Å². The minimum atomic E-state index is -1.59. The molecule has 2 aliphatic carbocycles. The molecule has 0 saturated heterocycles. The van der Waals surface area contributed by atoms with Crippen LogP contribution >= 0.6 is 0 Å². The molecule has 0 aromatic heterocycles. The van der Waals surface area contributed by atoms with Crippen molar-refractivity contribution < 1.29 is 0 Å². The van der Waals surface area contributed by atoms with E-state index in [1.54, 1.807) is 11.1 Å². The van der Waals surface area contributed by atoms with Crippen molar-refractivity contribution >= 4 is 38.6 Å². The molecular weight excluding hydrogens is 311 g/mol. The van der Waals surface area contributed by atoms with Crippen molar-refractivity contribution in [2.75, 3.05) is 0 Å². The molecule has 0 saturated carbocycles. The van der Waals surface area contributed by atoms with E-state index in [1.807, 2.05) is 0 Å². The van der Waals surface area contributed by atoms with Crippen LogP contribution in [0.2, 0.25) is 13.1 Å². The summed E-state index contributed by atoms with van der Waals surface area (Å²) in [6.45, 7) is 9.80. The first-order valence-electron chi connectivity index (χ1n) is 9.08. The molecule has 0 spiro atoms. The molecule has 124 valence electrons. The van der Waals surface area contributed by atoms with Crippen LogP contribution in [0.25, 0.3) is 11.6 Å². The molecule has 0 aliphatic heterocycles. The van der Waals surface area contributed by atoms with Gasteiger partial charge in [0.2, 0.25) is 0 Å². The molecule has 0 amide bonds. The van der Waals surface area contributed by atoms with E-state index >= 15 is 0 Å². The predicted molar refractivity (Wildman–Crippen MR) is 115 cm³/mol. The maximum absolute atomic E-state index is 2.61. The molecule has 2 aromatic carbocycles. The number of hydrogen-bond acceptors (Lipinski definition) is 0. The zero-order valence-electron chi connectivity index (χ0n) is 15.1. The number of hydrogen-bond donors (Lipinski definition) is 0. The van der Waals surface area contributed by atoms with Gasteiger partial charge in [-0.05, 0) is 44.8 Å². The Morgan fingerprint density at radius 2 is 1.48 bits per heavy atom. The normalized spacial score (nSPS) is 20.9. The third kappa shape index (κ3) is 2.93. The first-order valence-corrected chi connectivity index (χ1v) is 12.2. The van der Waals surface area contributed by atoms with E-state index in [9.17, 15) is 0 Å². The van der Waals surface area contributed by atoms with Crippen LogP contribution in [-0.4, -0.2) is 26.9 Å². The van der Waals surface area contributed by atoms with Gasteiger partial charge in [-0.2, -0.15) is 0 Å². The van der Waals surface area contributed by atoms with E-state index in [-0.39, 0.29) is 18.9 Å². The van der Waals surface area contributed by atoms with Gasteiger partial charge in [-0.25, -0.2) is 0 Å². The molecule has 25 heavy (non-hydrogen) atoms. The Labute approximate surface area is 165 Å². The van der Waals surface area contributed by atoms with Gasteiger partial charge in [0.15, 0.2) is 0 Å². The Morgan fingerprint density at radius 1 is 0.840 bits per heavy atom. The monoisotopic (exact) mass is 338 g/mol. The summed E-state index contributed by atoms with van der Waals surface area (Å²) in [6, 6.07) is 18.0. The van der Waals surface area contributed by atoms with Gasteiger partial charge in [-0.15, -0.1) is 0 Å². The Bertz CT molecular complexity index is 845. The Hall–Kier alpha value is -1.27. The second kappa shape index (κ2) is 6.80. The number of fused-ring (bicyclic) bond motifs is 2. The summed E-state index contributed by atoms with van der Waals surface area (Å²) in [4.78, 5) is 0. The Morgan fingerprint density at radius 3 is 2.20 bits per heavy atom. The fraction of sp³-hybridized carbons (Fsp3) is 0.304. The predicted octanol–water partition coefficient (Wildman–Crippen LogP) is 5.77. The van der Waals surface area contributed by atoms with Gasteiger partial charge in [-0.1, -0.05) is 93.7 Å². The Kier molecular flexibility index (Phi) is 5.04. The third-order valence-electron chi connectivity index (χ3n) is 5.98. The molecular formula is C23H27LiSi. The first-order chi connectivity index (χ1) is 11.5. The van der Waals surface area contributed by atoms with Crippen molar-refractivity contribution in [2.24, 2.45) is 5.92 Å². The second-order valence-corrected chi connectivity index (χ2v) is 13.0. The van der Waals surface area contributed by atoms with Crippen LogP contribution in [0.5, 0.6) is 0 Å². The molecule has 2 aliphatic rings. The maximum atomic E-state index is 2.61. The van der Waals surface area contributed by atoms with Crippen molar-refractivity contribution in [1.82, 2.24) is 0 Å². The summed E-state index contributed by atoms with van der Waals surface area (Å²) in [7, 11) is -1.59. The topological polar surface area (TPSA) is 0 Å². The molecule has 0 N–H and O–H groups in total. The molecule has 0 fully saturated rings. The van der Waals surface area contributed by atoms with Crippen LogP contribution in [0.3, 0.4) is 0 Å². The van der Waals surface area contributed by atoms with E-state index in [4.69, 9.17) is 0 Å². The summed E-state index contributed by atoms with van der Waals surface area (Å²) in [5, 5.41) is 0. The molecule has 4 rings (SSSR count). The molecule has 2 unspecified atom stereocenters. The van der Waals surface area contributed by atoms with Gasteiger partial charge in [-0.3, -0.25) is 0 Å². The average molecular weight is 338 g/mol. The average Bonchev–Trinajstić information content (AvgIpc) is 3.17. The second-order valence-electron chi connectivity index (χ2n) is 8.13. The van der Waals surface area contributed by atoms with Crippen LogP contribution in [-0.2, 0) is 0 Å². The van der Waals surface area contributed by atoms with Crippen LogP contribution < -0.4 is 0 Å².